The zero-order valence-electron chi connectivity index (χ0n) is 15.9. The fraction of sp³-hybridized carbons (Fsp3) is 0.227. The summed E-state index contributed by atoms with van der Waals surface area (Å²) in [6.07, 6.45) is 7.69. The molecule has 1 N–H and O–H groups in total. The summed E-state index contributed by atoms with van der Waals surface area (Å²) in [6, 6.07) is 15.7. The van der Waals surface area contributed by atoms with Crippen molar-refractivity contribution >= 4 is 11.4 Å². The summed E-state index contributed by atoms with van der Waals surface area (Å²) in [5, 5.41) is 2.96. The van der Waals surface area contributed by atoms with Gasteiger partial charge in [0, 0.05) is 31.2 Å². The van der Waals surface area contributed by atoms with Crippen molar-refractivity contribution in [1.82, 2.24) is 24.3 Å². The number of carbonyl (C=O) groups excluding carboxylic acids is 1. The Labute approximate surface area is 168 Å². The van der Waals surface area contributed by atoms with E-state index in [1.165, 1.54) is 0 Å². The standard InChI is InChI=1S/C22H21N5O2/c28-22(23-13-17-9-6-12-29-17)20-19-10-4-5-11-27(19)21(25-20)18-14-26(15-24-18)16-7-2-1-3-8-16/h1-5,7-8,10-11,14-15,17H,6,9,12-13H2,(H,23,28). The normalized spacial score (nSPS) is 16.3. The van der Waals surface area contributed by atoms with Gasteiger partial charge >= 0.3 is 0 Å². The summed E-state index contributed by atoms with van der Waals surface area (Å²) in [5.41, 5.74) is 2.87. The van der Waals surface area contributed by atoms with Crippen molar-refractivity contribution in [3.05, 3.63) is 72.9 Å². The van der Waals surface area contributed by atoms with Crippen LogP contribution in [0, 0.1) is 0 Å². The van der Waals surface area contributed by atoms with E-state index in [4.69, 9.17) is 4.74 Å². The Morgan fingerprint density at radius 2 is 2.03 bits per heavy atom. The highest BCUT2D eigenvalue weighted by Gasteiger charge is 2.22. The monoisotopic (exact) mass is 387 g/mol. The third kappa shape index (κ3) is 3.40. The Hall–Kier alpha value is -3.45. The van der Waals surface area contributed by atoms with Gasteiger partial charge in [0.2, 0.25) is 0 Å². The molecule has 0 aliphatic carbocycles. The third-order valence-electron chi connectivity index (χ3n) is 5.14. The summed E-state index contributed by atoms with van der Waals surface area (Å²) < 4.78 is 9.44. The molecule has 4 heterocycles. The lowest BCUT2D eigenvalue weighted by molar-refractivity contribution is 0.0855. The molecule has 4 aromatic rings. The van der Waals surface area contributed by atoms with E-state index in [1.807, 2.05) is 69.9 Å². The maximum absolute atomic E-state index is 12.8. The van der Waals surface area contributed by atoms with E-state index in [9.17, 15) is 4.79 Å². The smallest absolute Gasteiger partial charge is 0.272 e. The zero-order chi connectivity index (χ0) is 19.6. The van der Waals surface area contributed by atoms with Crippen LogP contribution in [-0.4, -0.2) is 44.1 Å². The molecule has 0 saturated carbocycles. The summed E-state index contributed by atoms with van der Waals surface area (Å²) in [4.78, 5) is 22.0. The molecule has 1 unspecified atom stereocenters. The zero-order valence-corrected chi connectivity index (χ0v) is 15.9. The molecule has 0 bridgehead atoms. The van der Waals surface area contributed by atoms with E-state index in [1.54, 1.807) is 6.33 Å². The molecule has 7 heteroatoms. The number of para-hydroxylation sites is 1. The van der Waals surface area contributed by atoms with Crippen LogP contribution in [0.4, 0.5) is 0 Å². The summed E-state index contributed by atoms with van der Waals surface area (Å²) in [5.74, 6) is 0.440. The van der Waals surface area contributed by atoms with Gasteiger partial charge in [-0.05, 0) is 37.1 Å². The average Bonchev–Trinajstić information content (AvgIpc) is 3.52. The quantitative estimate of drug-likeness (QED) is 0.571. The minimum atomic E-state index is -0.196. The van der Waals surface area contributed by atoms with Crippen LogP contribution in [0.15, 0.2) is 67.3 Å². The Kier molecular flexibility index (Phi) is 4.57. The summed E-state index contributed by atoms with van der Waals surface area (Å²) in [6.45, 7) is 1.27. The number of hydrogen-bond acceptors (Lipinski definition) is 4. The van der Waals surface area contributed by atoms with Gasteiger partial charge in [0.05, 0.1) is 11.6 Å². The van der Waals surface area contributed by atoms with Gasteiger partial charge in [-0.25, -0.2) is 9.97 Å². The van der Waals surface area contributed by atoms with E-state index in [-0.39, 0.29) is 12.0 Å². The molecule has 5 rings (SSSR count). The topological polar surface area (TPSA) is 73.4 Å². The summed E-state index contributed by atoms with van der Waals surface area (Å²) in [7, 11) is 0. The van der Waals surface area contributed by atoms with Crippen molar-refractivity contribution in [3.63, 3.8) is 0 Å². The lowest BCUT2D eigenvalue weighted by atomic mass is 10.2. The molecule has 1 fully saturated rings. The SMILES string of the molecule is O=C(NCC1CCCO1)c1nc(-c2cn(-c3ccccc3)cn2)n2ccccc12. The molecular formula is C22H21N5O2. The number of pyridine rings is 1. The second-order valence-corrected chi connectivity index (χ2v) is 7.09. The number of ether oxygens (including phenoxy) is 1. The molecule has 1 saturated heterocycles. The lowest BCUT2D eigenvalue weighted by Crippen LogP contribution is -2.32. The maximum Gasteiger partial charge on any atom is 0.272 e. The van der Waals surface area contributed by atoms with E-state index in [0.29, 0.717) is 23.8 Å². The largest absolute Gasteiger partial charge is 0.376 e. The minimum absolute atomic E-state index is 0.0915. The molecule has 1 atom stereocenters. The van der Waals surface area contributed by atoms with Crippen molar-refractivity contribution in [2.75, 3.05) is 13.2 Å². The van der Waals surface area contributed by atoms with Gasteiger partial charge in [0.1, 0.15) is 12.0 Å². The number of benzene rings is 1. The van der Waals surface area contributed by atoms with Gasteiger partial charge in [0.25, 0.3) is 5.91 Å². The number of imidazole rings is 2. The minimum Gasteiger partial charge on any atom is -0.376 e. The van der Waals surface area contributed by atoms with Gasteiger partial charge in [-0.15, -0.1) is 0 Å². The van der Waals surface area contributed by atoms with Crippen LogP contribution < -0.4 is 5.32 Å². The maximum atomic E-state index is 12.8. The first-order valence-corrected chi connectivity index (χ1v) is 9.76. The number of carbonyl (C=O) groups is 1. The first kappa shape index (κ1) is 17.6. The third-order valence-corrected chi connectivity index (χ3v) is 5.14. The molecule has 1 amide bonds. The molecule has 146 valence electrons. The van der Waals surface area contributed by atoms with Crippen LogP contribution in [0.1, 0.15) is 23.3 Å². The van der Waals surface area contributed by atoms with E-state index >= 15 is 0 Å². The summed E-state index contributed by atoms with van der Waals surface area (Å²) >= 11 is 0. The number of nitrogens with one attached hydrogen (secondary N) is 1. The van der Waals surface area contributed by atoms with Crippen molar-refractivity contribution in [2.24, 2.45) is 0 Å². The van der Waals surface area contributed by atoms with Crippen molar-refractivity contribution in [1.29, 1.82) is 0 Å². The van der Waals surface area contributed by atoms with Crippen LogP contribution in [0.3, 0.4) is 0 Å². The lowest BCUT2D eigenvalue weighted by Gasteiger charge is -2.09. The fourth-order valence-electron chi connectivity index (χ4n) is 3.66. The van der Waals surface area contributed by atoms with Crippen molar-refractivity contribution < 1.29 is 9.53 Å². The van der Waals surface area contributed by atoms with E-state index in [0.717, 1.165) is 30.7 Å². The second kappa shape index (κ2) is 7.52. The molecule has 1 aromatic carbocycles. The Morgan fingerprint density at radius 1 is 1.17 bits per heavy atom. The molecule has 29 heavy (non-hydrogen) atoms. The highest BCUT2D eigenvalue weighted by atomic mass is 16.5. The molecule has 0 spiro atoms. The molecule has 1 aliphatic heterocycles. The Bertz CT molecular complexity index is 1140. The predicted molar refractivity (Wildman–Crippen MR) is 109 cm³/mol. The van der Waals surface area contributed by atoms with Gasteiger partial charge in [-0.3, -0.25) is 9.20 Å². The number of fused-ring (bicyclic) bond motifs is 1. The molecule has 1 aliphatic rings. The fourth-order valence-corrected chi connectivity index (χ4v) is 3.66. The predicted octanol–water partition coefficient (Wildman–Crippen LogP) is 3.10. The Morgan fingerprint density at radius 3 is 2.86 bits per heavy atom. The molecular weight excluding hydrogens is 366 g/mol. The van der Waals surface area contributed by atoms with Gasteiger partial charge in [-0.1, -0.05) is 24.3 Å². The highest BCUT2D eigenvalue weighted by Crippen LogP contribution is 2.23. The molecule has 7 nitrogen and oxygen atoms in total. The number of aromatic nitrogens is 4. The first-order chi connectivity index (χ1) is 14.3. The number of rotatable bonds is 5. The van der Waals surface area contributed by atoms with Crippen molar-refractivity contribution in [3.8, 4) is 17.2 Å². The van der Waals surface area contributed by atoms with Crippen LogP contribution in [0.2, 0.25) is 0 Å². The van der Waals surface area contributed by atoms with Crippen LogP contribution in [0.5, 0.6) is 0 Å². The van der Waals surface area contributed by atoms with Gasteiger partial charge < -0.3 is 14.6 Å². The van der Waals surface area contributed by atoms with Gasteiger partial charge in [0.15, 0.2) is 11.5 Å². The van der Waals surface area contributed by atoms with E-state index < -0.39 is 0 Å². The van der Waals surface area contributed by atoms with E-state index in [2.05, 4.69) is 15.3 Å². The average molecular weight is 387 g/mol. The first-order valence-electron chi connectivity index (χ1n) is 9.76. The van der Waals surface area contributed by atoms with Crippen LogP contribution in [0.25, 0.3) is 22.7 Å². The second-order valence-electron chi connectivity index (χ2n) is 7.09. The number of nitrogens with zero attached hydrogens (tertiary/aromatic N) is 4. The number of amides is 1. The highest BCUT2D eigenvalue weighted by molar-refractivity contribution is 6.00. The van der Waals surface area contributed by atoms with Crippen LogP contribution in [-0.2, 0) is 4.74 Å². The van der Waals surface area contributed by atoms with Gasteiger partial charge in [-0.2, -0.15) is 0 Å². The number of hydrogen-bond donors (Lipinski definition) is 1. The van der Waals surface area contributed by atoms with Crippen LogP contribution >= 0.6 is 0 Å². The Balaban J connectivity index is 1.47. The molecule has 0 radical (unpaired) electrons. The van der Waals surface area contributed by atoms with Crippen molar-refractivity contribution in [2.45, 2.75) is 18.9 Å². The molecule has 3 aromatic heterocycles.